The van der Waals surface area contributed by atoms with Gasteiger partial charge >= 0.3 is 6.03 Å². The standard InChI is InChI=1S/C17H23N5O2S/c1-12-13(2)25-16-14(12)15(18-11-19-16)20-3-5-21(6-4-20)17(23)22-7-9-24-10-8-22/h11H,3-10H2,1-2H3. The largest absolute Gasteiger partial charge is 0.378 e. The quantitative estimate of drug-likeness (QED) is 0.776. The van der Waals surface area contributed by atoms with Gasteiger partial charge in [-0.05, 0) is 19.4 Å². The van der Waals surface area contributed by atoms with Crippen LogP contribution >= 0.6 is 11.3 Å². The number of anilines is 1. The normalized spacial score (nSPS) is 18.9. The van der Waals surface area contributed by atoms with Gasteiger partial charge in [-0.2, -0.15) is 0 Å². The van der Waals surface area contributed by atoms with Gasteiger partial charge in [0.15, 0.2) is 0 Å². The van der Waals surface area contributed by atoms with Crippen LogP contribution in [0.1, 0.15) is 10.4 Å². The summed E-state index contributed by atoms with van der Waals surface area (Å²) in [6.07, 6.45) is 1.65. The van der Waals surface area contributed by atoms with Crippen LogP contribution in [0.15, 0.2) is 6.33 Å². The molecule has 134 valence electrons. The van der Waals surface area contributed by atoms with Gasteiger partial charge in [0.05, 0.1) is 18.6 Å². The van der Waals surface area contributed by atoms with Crippen LogP contribution < -0.4 is 4.90 Å². The summed E-state index contributed by atoms with van der Waals surface area (Å²) >= 11 is 1.72. The number of fused-ring (bicyclic) bond motifs is 1. The molecule has 7 nitrogen and oxygen atoms in total. The molecule has 0 aliphatic carbocycles. The smallest absolute Gasteiger partial charge is 0.320 e. The minimum absolute atomic E-state index is 0.137. The van der Waals surface area contributed by atoms with Crippen molar-refractivity contribution >= 4 is 33.4 Å². The molecule has 0 spiro atoms. The number of carbonyl (C=O) groups excluding carboxylic acids is 1. The van der Waals surface area contributed by atoms with Crippen molar-refractivity contribution in [2.45, 2.75) is 13.8 Å². The number of rotatable bonds is 1. The lowest BCUT2D eigenvalue weighted by atomic mass is 10.2. The lowest BCUT2D eigenvalue weighted by Gasteiger charge is -2.39. The molecule has 0 atom stereocenters. The molecule has 2 aromatic heterocycles. The van der Waals surface area contributed by atoms with Crippen molar-refractivity contribution in [2.75, 3.05) is 57.4 Å². The second kappa shape index (κ2) is 6.76. The number of aromatic nitrogens is 2. The van der Waals surface area contributed by atoms with E-state index in [4.69, 9.17) is 4.74 Å². The minimum atomic E-state index is 0.137. The Morgan fingerprint density at radius 3 is 2.44 bits per heavy atom. The summed E-state index contributed by atoms with van der Waals surface area (Å²) in [5.41, 5.74) is 1.27. The number of thiophene rings is 1. The van der Waals surface area contributed by atoms with Crippen LogP contribution in [-0.2, 0) is 4.74 Å². The highest BCUT2D eigenvalue weighted by atomic mass is 32.1. The molecule has 4 rings (SSSR count). The summed E-state index contributed by atoms with van der Waals surface area (Å²) in [6, 6.07) is 0.137. The molecular formula is C17H23N5O2S. The highest BCUT2D eigenvalue weighted by molar-refractivity contribution is 7.18. The van der Waals surface area contributed by atoms with Gasteiger partial charge in [-0.1, -0.05) is 0 Å². The molecule has 2 fully saturated rings. The van der Waals surface area contributed by atoms with Gasteiger partial charge in [-0.15, -0.1) is 11.3 Å². The van der Waals surface area contributed by atoms with Gasteiger partial charge in [0.25, 0.3) is 0 Å². The number of hydrogen-bond acceptors (Lipinski definition) is 6. The van der Waals surface area contributed by atoms with Gasteiger partial charge in [0.1, 0.15) is 17.0 Å². The van der Waals surface area contributed by atoms with Crippen LogP contribution in [0.25, 0.3) is 10.2 Å². The average Bonchev–Trinajstić information content (AvgIpc) is 2.96. The highest BCUT2D eigenvalue weighted by Crippen LogP contribution is 2.34. The Kier molecular flexibility index (Phi) is 4.47. The van der Waals surface area contributed by atoms with E-state index in [1.165, 1.54) is 10.4 Å². The van der Waals surface area contributed by atoms with E-state index in [-0.39, 0.29) is 6.03 Å². The van der Waals surface area contributed by atoms with E-state index >= 15 is 0 Å². The number of morpholine rings is 1. The summed E-state index contributed by atoms with van der Waals surface area (Å²) in [4.78, 5) is 30.1. The number of hydrogen-bond donors (Lipinski definition) is 0. The Bertz CT molecular complexity index is 779. The Morgan fingerprint density at radius 2 is 1.72 bits per heavy atom. The van der Waals surface area contributed by atoms with Crippen molar-refractivity contribution in [3.63, 3.8) is 0 Å². The summed E-state index contributed by atoms with van der Waals surface area (Å²) in [5, 5.41) is 1.16. The van der Waals surface area contributed by atoms with Crippen molar-refractivity contribution in [2.24, 2.45) is 0 Å². The fraction of sp³-hybridized carbons (Fsp3) is 0.588. The molecular weight excluding hydrogens is 338 g/mol. The first kappa shape index (κ1) is 16.5. The zero-order chi connectivity index (χ0) is 17.4. The van der Waals surface area contributed by atoms with Crippen LogP contribution in [0, 0.1) is 13.8 Å². The van der Waals surface area contributed by atoms with Crippen LogP contribution in [0.2, 0.25) is 0 Å². The minimum Gasteiger partial charge on any atom is -0.378 e. The molecule has 0 saturated carbocycles. The molecule has 0 bridgehead atoms. The first-order valence-electron chi connectivity index (χ1n) is 8.72. The van der Waals surface area contributed by atoms with Gasteiger partial charge in [0, 0.05) is 44.1 Å². The molecule has 0 unspecified atom stereocenters. The fourth-order valence-corrected chi connectivity index (χ4v) is 4.46. The maximum Gasteiger partial charge on any atom is 0.320 e. The number of ether oxygens (including phenoxy) is 1. The zero-order valence-electron chi connectivity index (χ0n) is 14.7. The number of nitrogens with zero attached hydrogens (tertiary/aromatic N) is 5. The predicted octanol–water partition coefficient (Wildman–Crippen LogP) is 1.88. The Labute approximate surface area is 151 Å². The van der Waals surface area contributed by atoms with E-state index in [1.807, 2.05) is 9.80 Å². The Hall–Kier alpha value is -1.93. The molecule has 2 aliphatic heterocycles. The van der Waals surface area contributed by atoms with E-state index in [2.05, 4.69) is 28.7 Å². The number of carbonyl (C=O) groups is 1. The molecule has 0 radical (unpaired) electrons. The first-order chi connectivity index (χ1) is 12.1. The van der Waals surface area contributed by atoms with Crippen molar-refractivity contribution in [1.29, 1.82) is 0 Å². The van der Waals surface area contributed by atoms with Crippen molar-refractivity contribution in [1.82, 2.24) is 19.8 Å². The van der Waals surface area contributed by atoms with E-state index in [9.17, 15) is 4.79 Å². The lowest BCUT2D eigenvalue weighted by Crippen LogP contribution is -2.55. The third-order valence-electron chi connectivity index (χ3n) is 5.08. The summed E-state index contributed by atoms with van der Waals surface area (Å²) in [6.45, 7) is 9.99. The fourth-order valence-electron chi connectivity index (χ4n) is 3.47. The first-order valence-corrected chi connectivity index (χ1v) is 9.54. The monoisotopic (exact) mass is 361 g/mol. The predicted molar refractivity (Wildman–Crippen MR) is 98.5 cm³/mol. The SMILES string of the molecule is Cc1sc2ncnc(N3CCN(C(=O)N4CCOCC4)CC3)c2c1C. The van der Waals surface area contributed by atoms with Crippen molar-refractivity contribution in [3.8, 4) is 0 Å². The molecule has 2 aliphatic rings. The molecule has 0 N–H and O–H groups in total. The van der Waals surface area contributed by atoms with Crippen LogP contribution in [0.4, 0.5) is 10.6 Å². The third kappa shape index (κ3) is 3.04. The van der Waals surface area contributed by atoms with E-state index < -0.39 is 0 Å². The third-order valence-corrected chi connectivity index (χ3v) is 6.19. The van der Waals surface area contributed by atoms with E-state index in [0.29, 0.717) is 26.3 Å². The van der Waals surface area contributed by atoms with Crippen molar-refractivity contribution in [3.05, 3.63) is 16.8 Å². The zero-order valence-corrected chi connectivity index (χ0v) is 15.5. The highest BCUT2D eigenvalue weighted by Gasteiger charge is 2.28. The van der Waals surface area contributed by atoms with E-state index in [1.54, 1.807) is 17.7 Å². The van der Waals surface area contributed by atoms with E-state index in [0.717, 1.165) is 42.2 Å². The molecule has 4 heterocycles. The number of aryl methyl sites for hydroxylation is 2. The number of urea groups is 1. The Balaban J connectivity index is 1.48. The maximum absolute atomic E-state index is 12.6. The second-order valence-electron chi connectivity index (χ2n) is 6.52. The number of piperazine rings is 1. The summed E-state index contributed by atoms with van der Waals surface area (Å²) < 4.78 is 5.33. The van der Waals surface area contributed by atoms with Crippen LogP contribution in [0.5, 0.6) is 0 Å². The van der Waals surface area contributed by atoms with Gasteiger partial charge < -0.3 is 19.4 Å². The topological polar surface area (TPSA) is 61.8 Å². The lowest BCUT2D eigenvalue weighted by molar-refractivity contribution is 0.0428. The number of amides is 2. The Morgan fingerprint density at radius 1 is 1.04 bits per heavy atom. The van der Waals surface area contributed by atoms with Crippen LogP contribution in [0.3, 0.4) is 0 Å². The molecule has 8 heteroatoms. The molecule has 2 amide bonds. The molecule has 2 saturated heterocycles. The summed E-state index contributed by atoms with van der Waals surface area (Å²) in [7, 11) is 0. The molecule has 25 heavy (non-hydrogen) atoms. The van der Waals surface area contributed by atoms with Crippen LogP contribution in [-0.4, -0.2) is 78.3 Å². The summed E-state index contributed by atoms with van der Waals surface area (Å²) in [5.74, 6) is 1.00. The van der Waals surface area contributed by atoms with Crippen molar-refractivity contribution < 1.29 is 9.53 Å². The van der Waals surface area contributed by atoms with Gasteiger partial charge in [0.2, 0.25) is 0 Å². The second-order valence-corrected chi connectivity index (χ2v) is 7.72. The van der Waals surface area contributed by atoms with Gasteiger partial charge in [-0.3, -0.25) is 0 Å². The average molecular weight is 361 g/mol. The molecule has 2 aromatic rings. The maximum atomic E-state index is 12.6. The van der Waals surface area contributed by atoms with Gasteiger partial charge in [-0.25, -0.2) is 14.8 Å². The molecule has 0 aromatic carbocycles.